The maximum absolute atomic E-state index is 3.34. The van der Waals surface area contributed by atoms with E-state index in [4.69, 9.17) is 0 Å². The van der Waals surface area contributed by atoms with Crippen LogP contribution < -0.4 is 5.32 Å². The topological polar surface area (TPSA) is 12.0 Å². The van der Waals surface area contributed by atoms with E-state index in [2.05, 4.69) is 42.8 Å². The zero-order valence-electron chi connectivity index (χ0n) is 9.05. The van der Waals surface area contributed by atoms with E-state index in [0.29, 0.717) is 0 Å². The second-order valence-electron chi connectivity index (χ2n) is 3.31. The smallest absolute Gasteiger partial charge is 0.00693 e. The number of thioether (sulfide) groups is 1. The first kappa shape index (κ1) is 11.6. The van der Waals surface area contributed by atoms with Gasteiger partial charge in [-0.05, 0) is 49.9 Å². The van der Waals surface area contributed by atoms with Crippen molar-refractivity contribution in [3.05, 3.63) is 29.8 Å². The molecule has 0 aliphatic rings. The second-order valence-corrected chi connectivity index (χ2v) is 4.18. The van der Waals surface area contributed by atoms with E-state index < -0.39 is 0 Å². The van der Waals surface area contributed by atoms with Crippen LogP contribution >= 0.6 is 11.8 Å². The molecule has 0 bridgehead atoms. The molecule has 0 aliphatic heterocycles. The molecule has 0 spiro atoms. The number of aryl methyl sites for hydroxylation is 1. The van der Waals surface area contributed by atoms with E-state index in [0.717, 1.165) is 13.1 Å². The molecule has 78 valence electrons. The molecule has 1 rings (SSSR count). The Balaban J connectivity index is 2.29. The lowest BCUT2D eigenvalue weighted by Gasteiger charge is -2.03. The lowest BCUT2D eigenvalue weighted by Crippen LogP contribution is -2.14. The molecular formula is C12H19NS. The molecule has 1 nitrogen and oxygen atoms in total. The van der Waals surface area contributed by atoms with Gasteiger partial charge >= 0.3 is 0 Å². The number of rotatable bonds is 6. The quantitative estimate of drug-likeness (QED) is 0.571. The molecule has 1 aromatic rings. The van der Waals surface area contributed by atoms with Crippen LogP contribution in [0.15, 0.2) is 29.2 Å². The van der Waals surface area contributed by atoms with Gasteiger partial charge in [-0.25, -0.2) is 0 Å². The molecule has 0 amide bonds. The van der Waals surface area contributed by atoms with Crippen LogP contribution in [0.2, 0.25) is 0 Å². The van der Waals surface area contributed by atoms with Crippen LogP contribution in [0, 0.1) is 0 Å². The van der Waals surface area contributed by atoms with E-state index in [-0.39, 0.29) is 0 Å². The van der Waals surface area contributed by atoms with Crippen molar-refractivity contribution in [2.45, 2.75) is 24.7 Å². The van der Waals surface area contributed by atoms with Crippen molar-refractivity contribution >= 4 is 11.8 Å². The largest absolute Gasteiger partial charge is 0.317 e. The maximum atomic E-state index is 3.34. The van der Waals surface area contributed by atoms with Crippen LogP contribution in [0.3, 0.4) is 0 Å². The fraction of sp³-hybridized carbons (Fsp3) is 0.500. The molecule has 0 aliphatic carbocycles. The van der Waals surface area contributed by atoms with Crippen LogP contribution in [0.5, 0.6) is 0 Å². The molecule has 0 atom stereocenters. The zero-order chi connectivity index (χ0) is 10.2. The van der Waals surface area contributed by atoms with Crippen molar-refractivity contribution in [3.63, 3.8) is 0 Å². The van der Waals surface area contributed by atoms with Gasteiger partial charge < -0.3 is 5.32 Å². The number of hydrogen-bond acceptors (Lipinski definition) is 2. The summed E-state index contributed by atoms with van der Waals surface area (Å²) >= 11 is 1.80. The minimum Gasteiger partial charge on any atom is -0.317 e. The third-order valence-corrected chi connectivity index (χ3v) is 2.97. The second kappa shape index (κ2) is 6.91. The molecule has 0 heterocycles. The average Bonchev–Trinajstić information content (AvgIpc) is 2.25. The first-order valence-corrected chi connectivity index (χ1v) is 6.43. The van der Waals surface area contributed by atoms with Crippen molar-refractivity contribution < 1.29 is 0 Å². The highest BCUT2D eigenvalue weighted by atomic mass is 32.2. The third kappa shape index (κ3) is 4.16. The van der Waals surface area contributed by atoms with Gasteiger partial charge in [0.05, 0.1) is 0 Å². The first-order valence-electron chi connectivity index (χ1n) is 5.20. The number of nitrogens with one attached hydrogen (secondary N) is 1. The monoisotopic (exact) mass is 209 g/mol. The minimum absolute atomic E-state index is 1.07. The van der Waals surface area contributed by atoms with Gasteiger partial charge in [-0.15, -0.1) is 11.8 Å². The van der Waals surface area contributed by atoms with Gasteiger partial charge in [0.25, 0.3) is 0 Å². The Kier molecular flexibility index (Phi) is 5.72. The lowest BCUT2D eigenvalue weighted by molar-refractivity contribution is 0.672. The standard InChI is InChI=1S/C12H19NS/c1-3-13-10-4-5-11-6-8-12(14-2)9-7-11/h6-9,13H,3-5,10H2,1-2H3. The van der Waals surface area contributed by atoms with Gasteiger partial charge in [-0.1, -0.05) is 19.1 Å². The average molecular weight is 209 g/mol. The van der Waals surface area contributed by atoms with E-state index >= 15 is 0 Å². The molecule has 0 fully saturated rings. The molecule has 0 unspecified atom stereocenters. The zero-order valence-corrected chi connectivity index (χ0v) is 9.86. The molecular weight excluding hydrogens is 190 g/mol. The maximum Gasteiger partial charge on any atom is 0.00693 e. The number of hydrogen-bond donors (Lipinski definition) is 1. The Morgan fingerprint density at radius 3 is 2.50 bits per heavy atom. The van der Waals surface area contributed by atoms with Crippen molar-refractivity contribution in [3.8, 4) is 0 Å². The van der Waals surface area contributed by atoms with E-state index in [1.807, 2.05) is 0 Å². The molecule has 1 N–H and O–H groups in total. The summed E-state index contributed by atoms with van der Waals surface area (Å²) in [6.45, 7) is 4.35. The normalized spacial score (nSPS) is 10.4. The fourth-order valence-corrected chi connectivity index (χ4v) is 1.79. The van der Waals surface area contributed by atoms with Crippen LogP contribution in [0.25, 0.3) is 0 Å². The summed E-state index contributed by atoms with van der Waals surface area (Å²) in [5.41, 5.74) is 1.45. The Bertz CT molecular complexity index is 243. The van der Waals surface area contributed by atoms with Crippen molar-refractivity contribution in [2.24, 2.45) is 0 Å². The van der Waals surface area contributed by atoms with Crippen LogP contribution in [0.1, 0.15) is 18.9 Å². The van der Waals surface area contributed by atoms with Crippen molar-refractivity contribution in [1.29, 1.82) is 0 Å². The highest BCUT2D eigenvalue weighted by Crippen LogP contribution is 2.15. The van der Waals surface area contributed by atoms with E-state index in [9.17, 15) is 0 Å². The summed E-state index contributed by atoms with van der Waals surface area (Å²) in [7, 11) is 0. The van der Waals surface area contributed by atoms with E-state index in [1.54, 1.807) is 11.8 Å². The Labute approximate surface area is 91.3 Å². The summed E-state index contributed by atoms with van der Waals surface area (Å²) in [6, 6.07) is 8.87. The minimum atomic E-state index is 1.07. The molecule has 0 aromatic heterocycles. The molecule has 14 heavy (non-hydrogen) atoms. The van der Waals surface area contributed by atoms with Crippen LogP contribution in [-0.2, 0) is 6.42 Å². The fourth-order valence-electron chi connectivity index (χ4n) is 1.39. The summed E-state index contributed by atoms with van der Waals surface area (Å²) in [5, 5.41) is 3.34. The first-order chi connectivity index (χ1) is 6.86. The third-order valence-electron chi connectivity index (χ3n) is 2.23. The molecule has 0 saturated carbocycles. The summed E-state index contributed by atoms with van der Waals surface area (Å²) in [4.78, 5) is 1.35. The molecule has 1 aromatic carbocycles. The highest BCUT2D eigenvalue weighted by molar-refractivity contribution is 7.98. The van der Waals surface area contributed by atoms with Gasteiger partial charge in [0, 0.05) is 4.90 Å². The SMILES string of the molecule is CCNCCCc1ccc(SC)cc1. The summed E-state index contributed by atoms with van der Waals surface area (Å²) in [6.07, 6.45) is 4.52. The number of benzene rings is 1. The lowest BCUT2D eigenvalue weighted by atomic mass is 10.1. The highest BCUT2D eigenvalue weighted by Gasteiger charge is 1.93. The predicted molar refractivity (Wildman–Crippen MR) is 65.1 cm³/mol. The van der Waals surface area contributed by atoms with Crippen molar-refractivity contribution in [2.75, 3.05) is 19.3 Å². The molecule has 0 radical (unpaired) electrons. The molecule has 0 saturated heterocycles. The van der Waals surface area contributed by atoms with Gasteiger partial charge in [-0.3, -0.25) is 0 Å². The predicted octanol–water partition coefficient (Wildman–Crippen LogP) is 2.95. The Morgan fingerprint density at radius 1 is 1.21 bits per heavy atom. The van der Waals surface area contributed by atoms with Crippen molar-refractivity contribution in [1.82, 2.24) is 5.32 Å². The van der Waals surface area contributed by atoms with Crippen LogP contribution in [0.4, 0.5) is 0 Å². The van der Waals surface area contributed by atoms with Gasteiger partial charge in [0.15, 0.2) is 0 Å². The Morgan fingerprint density at radius 2 is 1.93 bits per heavy atom. The van der Waals surface area contributed by atoms with Gasteiger partial charge in [-0.2, -0.15) is 0 Å². The van der Waals surface area contributed by atoms with Gasteiger partial charge in [0.1, 0.15) is 0 Å². The Hall–Kier alpha value is -0.470. The van der Waals surface area contributed by atoms with Crippen LogP contribution in [-0.4, -0.2) is 19.3 Å². The summed E-state index contributed by atoms with van der Waals surface area (Å²) in [5.74, 6) is 0. The molecule has 2 heteroatoms. The van der Waals surface area contributed by atoms with E-state index in [1.165, 1.54) is 23.3 Å². The summed E-state index contributed by atoms with van der Waals surface area (Å²) < 4.78 is 0. The van der Waals surface area contributed by atoms with Gasteiger partial charge in [0.2, 0.25) is 0 Å².